The minimum atomic E-state index is -0.604. The summed E-state index contributed by atoms with van der Waals surface area (Å²) in [5.41, 5.74) is 0.666. The molecule has 4 heteroatoms. The molecule has 1 fully saturated rings. The monoisotopic (exact) mass is 273 g/mol. The summed E-state index contributed by atoms with van der Waals surface area (Å²) in [6.07, 6.45) is 3.76. The molecular weight excluding hydrogens is 253 g/mol. The summed E-state index contributed by atoms with van der Waals surface area (Å²) < 4.78 is 13.1. The van der Waals surface area contributed by atoms with Gasteiger partial charge < -0.3 is 10.4 Å². The molecule has 0 aromatic heterocycles. The van der Waals surface area contributed by atoms with Gasteiger partial charge in [0.2, 0.25) is 0 Å². The Kier molecular flexibility index (Phi) is 6.06. The molecule has 2 N–H and O–H groups in total. The van der Waals surface area contributed by atoms with E-state index in [4.69, 9.17) is 0 Å². The van der Waals surface area contributed by atoms with Crippen LogP contribution < -0.4 is 5.32 Å². The van der Waals surface area contributed by atoms with Crippen molar-refractivity contribution in [3.63, 3.8) is 0 Å². The van der Waals surface area contributed by atoms with E-state index in [1.807, 2.05) is 0 Å². The summed E-state index contributed by atoms with van der Waals surface area (Å²) in [7, 11) is 0. The van der Waals surface area contributed by atoms with Gasteiger partial charge in [-0.3, -0.25) is 0 Å². The van der Waals surface area contributed by atoms with Crippen LogP contribution in [0.5, 0.6) is 0 Å². The van der Waals surface area contributed by atoms with E-state index < -0.39 is 6.10 Å². The minimum Gasteiger partial charge on any atom is -0.387 e. The molecule has 102 valence electrons. The molecule has 1 saturated heterocycles. The van der Waals surface area contributed by atoms with E-state index in [1.165, 1.54) is 12.1 Å². The predicted molar refractivity (Wildman–Crippen MR) is 73.5 cm³/mol. The van der Waals surface area contributed by atoms with Gasteiger partial charge in [0.1, 0.15) is 5.82 Å². The van der Waals surface area contributed by atoms with Crippen LogP contribution in [0.3, 0.4) is 0 Å². The molecule has 0 bridgehead atoms. The van der Waals surface area contributed by atoms with Gasteiger partial charge in [-0.2, -0.15) is 0 Å². The maximum absolute atomic E-state index is 13.1. The second-order valence-electron chi connectivity index (χ2n) is 4.84. The number of rotatable bonds is 4. The molecule has 0 aliphatic carbocycles. The van der Waals surface area contributed by atoms with Crippen molar-refractivity contribution in [2.45, 2.75) is 50.8 Å². The average molecular weight is 274 g/mol. The first-order valence-corrected chi connectivity index (χ1v) is 6.40. The van der Waals surface area contributed by atoms with Crippen LogP contribution in [-0.4, -0.2) is 17.2 Å². The van der Waals surface area contributed by atoms with Crippen molar-refractivity contribution in [2.24, 2.45) is 0 Å². The topological polar surface area (TPSA) is 32.3 Å². The summed E-state index contributed by atoms with van der Waals surface area (Å²) >= 11 is 0. The third kappa shape index (κ3) is 3.67. The molecule has 2 rings (SSSR count). The SMILES string of the molecule is CCC[C@H]1CC[C@@H]([C@@H](O)c2cccc(F)c2)N1.Cl. The molecule has 3 atom stereocenters. The number of aliphatic hydroxyl groups excluding tert-OH is 1. The second kappa shape index (κ2) is 7.07. The quantitative estimate of drug-likeness (QED) is 0.883. The molecule has 0 unspecified atom stereocenters. The number of benzene rings is 1. The van der Waals surface area contributed by atoms with Crippen LogP contribution in [0.2, 0.25) is 0 Å². The van der Waals surface area contributed by atoms with Gasteiger partial charge in [-0.15, -0.1) is 12.4 Å². The third-order valence-electron chi connectivity index (χ3n) is 3.48. The minimum absolute atomic E-state index is 0. The molecule has 1 aliphatic heterocycles. The number of halogens is 2. The first-order valence-electron chi connectivity index (χ1n) is 6.40. The lowest BCUT2D eigenvalue weighted by Gasteiger charge is -2.20. The van der Waals surface area contributed by atoms with Gasteiger partial charge in [0.15, 0.2) is 0 Å². The Bertz CT molecular complexity index is 375. The molecule has 1 aliphatic rings. The zero-order chi connectivity index (χ0) is 12.3. The smallest absolute Gasteiger partial charge is 0.123 e. The lowest BCUT2D eigenvalue weighted by molar-refractivity contribution is 0.134. The zero-order valence-electron chi connectivity index (χ0n) is 10.6. The van der Waals surface area contributed by atoms with Crippen LogP contribution in [-0.2, 0) is 0 Å². The predicted octanol–water partition coefficient (Wildman–Crippen LogP) is 3.20. The Morgan fingerprint density at radius 1 is 1.44 bits per heavy atom. The van der Waals surface area contributed by atoms with E-state index >= 15 is 0 Å². The van der Waals surface area contributed by atoms with Gasteiger partial charge in [-0.25, -0.2) is 4.39 Å². The highest BCUT2D eigenvalue weighted by atomic mass is 35.5. The highest BCUT2D eigenvalue weighted by Gasteiger charge is 2.29. The van der Waals surface area contributed by atoms with Crippen LogP contribution in [0.4, 0.5) is 4.39 Å². The van der Waals surface area contributed by atoms with Gasteiger partial charge in [0, 0.05) is 12.1 Å². The van der Waals surface area contributed by atoms with E-state index in [0.29, 0.717) is 11.6 Å². The Balaban J connectivity index is 0.00000162. The zero-order valence-corrected chi connectivity index (χ0v) is 11.4. The number of nitrogens with one attached hydrogen (secondary N) is 1. The van der Waals surface area contributed by atoms with Crippen molar-refractivity contribution in [1.29, 1.82) is 0 Å². The average Bonchev–Trinajstić information content (AvgIpc) is 2.77. The van der Waals surface area contributed by atoms with Crippen LogP contribution >= 0.6 is 12.4 Å². The van der Waals surface area contributed by atoms with E-state index in [1.54, 1.807) is 12.1 Å². The van der Waals surface area contributed by atoms with Crippen molar-refractivity contribution in [3.8, 4) is 0 Å². The Morgan fingerprint density at radius 3 is 2.89 bits per heavy atom. The van der Waals surface area contributed by atoms with Gasteiger partial charge in [0.05, 0.1) is 6.10 Å². The van der Waals surface area contributed by atoms with Crippen molar-refractivity contribution in [2.75, 3.05) is 0 Å². The van der Waals surface area contributed by atoms with E-state index in [-0.39, 0.29) is 24.3 Å². The fourth-order valence-electron chi connectivity index (χ4n) is 2.60. The fourth-order valence-corrected chi connectivity index (χ4v) is 2.60. The fraction of sp³-hybridized carbons (Fsp3) is 0.571. The second-order valence-corrected chi connectivity index (χ2v) is 4.84. The van der Waals surface area contributed by atoms with Crippen LogP contribution in [0.1, 0.15) is 44.3 Å². The summed E-state index contributed by atoms with van der Waals surface area (Å²) in [4.78, 5) is 0. The lowest BCUT2D eigenvalue weighted by atomic mass is 10.0. The lowest BCUT2D eigenvalue weighted by Crippen LogP contribution is -2.33. The van der Waals surface area contributed by atoms with E-state index in [0.717, 1.165) is 25.7 Å². The van der Waals surface area contributed by atoms with Crippen molar-refractivity contribution >= 4 is 12.4 Å². The first kappa shape index (κ1) is 15.4. The first-order chi connectivity index (χ1) is 8.20. The summed E-state index contributed by atoms with van der Waals surface area (Å²) in [6, 6.07) is 6.81. The van der Waals surface area contributed by atoms with Crippen molar-refractivity contribution < 1.29 is 9.50 Å². The molecule has 1 aromatic rings. The van der Waals surface area contributed by atoms with Crippen LogP contribution in [0, 0.1) is 5.82 Å². The van der Waals surface area contributed by atoms with Crippen LogP contribution in [0.15, 0.2) is 24.3 Å². The number of hydrogen-bond donors (Lipinski definition) is 2. The Hall–Kier alpha value is -0.640. The molecule has 0 radical (unpaired) electrons. The molecule has 18 heavy (non-hydrogen) atoms. The van der Waals surface area contributed by atoms with Crippen LogP contribution in [0.25, 0.3) is 0 Å². The normalized spacial score (nSPS) is 24.6. The Labute approximate surface area is 114 Å². The summed E-state index contributed by atoms with van der Waals surface area (Å²) in [5.74, 6) is -0.287. The van der Waals surface area contributed by atoms with E-state index in [9.17, 15) is 9.50 Å². The van der Waals surface area contributed by atoms with Gasteiger partial charge in [0.25, 0.3) is 0 Å². The van der Waals surface area contributed by atoms with E-state index in [2.05, 4.69) is 12.2 Å². The Morgan fingerprint density at radius 2 is 2.22 bits per heavy atom. The molecular formula is C14H21ClFNO. The molecule has 0 amide bonds. The molecule has 2 nitrogen and oxygen atoms in total. The van der Waals surface area contributed by atoms with Gasteiger partial charge >= 0.3 is 0 Å². The molecule has 0 spiro atoms. The van der Waals surface area contributed by atoms with Crippen molar-refractivity contribution in [1.82, 2.24) is 5.32 Å². The number of aliphatic hydroxyl groups is 1. The van der Waals surface area contributed by atoms with Crippen molar-refractivity contribution in [3.05, 3.63) is 35.6 Å². The highest BCUT2D eigenvalue weighted by Crippen LogP contribution is 2.27. The molecule has 1 heterocycles. The standard InChI is InChI=1S/C14H20FNO.ClH/c1-2-4-12-7-8-13(16-12)14(17)10-5-3-6-11(15)9-10;/h3,5-6,9,12-14,16-17H,2,4,7-8H2,1H3;1H/t12-,13-,14-;/m0./s1. The van der Waals surface area contributed by atoms with Gasteiger partial charge in [-0.1, -0.05) is 25.5 Å². The maximum Gasteiger partial charge on any atom is 0.123 e. The summed E-state index contributed by atoms with van der Waals surface area (Å²) in [6.45, 7) is 2.16. The third-order valence-corrected chi connectivity index (χ3v) is 3.48. The maximum atomic E-state index is 13.1. The molecule has 1 aromatic carbocycles. The van der Waals surface area contributed by atoms with Gasteiger partial charge in [-0.05, 0) is 37.0 Å². The largest absolute Gasteiger partial charge is 0.387 e. The molecule has 0 saturated carbocycles. The highest BCUT2D eigenvalue weighted by molar-refractivity contribution is 5.85. The number of hydrogen-bond acceptors (Lipinski definition) is 2. The summed E-state index contributed by atoms with van der Waals surface area (Å²) in [5, 5.41) is 13.6.